The third kappa shape index (κ3) is 3.92. The fraction of sp³-hybridized carbons (Fsp3) is 0.176. The highest BCUT2D eigenvalue weighted by atomic mass is 16.4. The van der Waals surface area contributed by atoms with Crippen molar-refractivity contribution < 1.29 is 14.7 Å². The summed E-state index contributed by atoms with van der Waals surface area (Å²) in [4.78, 5) is 23.1. The van der Waals surface area contributed by atoms with E-state index in [-0.39, 0.29) is 17.9 Å². The number of rotatable bonds is 5. The molecule has 108 valence electrons. The summed E-state index contributed by atoms with van der Waals surface area (Å²) in [6.07, 6.45) is 0.984. The van der Waals surface area contributed by atoms with Crippen LogP contribution in [0, 0.1) is 0 Å². The zero-order valence-electron chi connectivity index (χ0n) is 11.8. The lowest BCUT2D eigenvalue weighted by atomic mass is 10.0. The van der Waals surface area contributed by atoms with Gasteiger partial charge in [0.25, 0.3) is 0 Å². The first kappa shape index (κ1) is 14.8. The van der Waals surface area contributed by atoms with Crippen molar-refractivity contribution in [3.05, 3.63) is 65.2 Å². The number of aryl methyl sites for hydroxylation is 1. The van der Waals surface area contributed by atoms with E-state index in [4.69, 9.17) is 5.11 Å². The standard InChI is InChI=1S/C17H17NO3/c1-2-12-7-9-14(10-8-12)18-16(19)11-13-5-3-4-6-15(13)17(20)21/h3-10H,2,11H2,1H3,(H,18,19)(H,20,21). The molecule has 0 aromatic heterocycles. The van der Waals surface area contributed by atoms with Gasteiger partial charge in [-0.2, -0.15) is 0 Å². The summed E-state index contributed by atoms with van der Waals surface area (Å²) in [5.74, 6) is -1.25. The molecule has 21 heavy (non-hydrogen) atoms. The molecule has 0 saturated heterocycles. The molecule has 0 aliphatic heterocycles. The number of aromatic carboxylic acids is 1. The molecule has 2 aromatic carbocycles. The second-order valence-corrected chi connectivity index (χ2v) is 4.74. The molecule has 1 amide bonds. The van der Waals surface area contributed by atoms with Crippen LogP contribution in [-0.2, 0) is 17.6 Å². The van der Waals surface area contributed by atoms with E-state index in [0.29, 0.717) is 11.3 Å². The Bertz CT molecular complexity index is 647. The van der Waals surface area contributed by atoms with Crippen LogP contribution in [0.15, 0.2) is 48.5 Å². The van der Waals surface area contributed by atoms with E-state index in [0.717, 1.165) is 6.42 Å². The second kappa shape index (κ2) is 6.70. The lowest BCUT2D eigenvalue weighted by molar-refractivity contribution is -0.115. The second-order valence-electron chi connectivity index (χ2n) is 4.74. The SMILES string of the molecule is CCc1ccc(NC(=O)Cc2ccccc2C(=O)O)cc1. The number of carbonyl (C=O) groups is 2. The van der Waals surface area contributed by atoms with Crippen LogP contribution in [0.3, 0.4) is 0 Å². The van der Waals surface area contributed by atoms with Gasteiger partial charge in [-0.15, -0.1) is 0 Å². The predicted octanol–water partition coefficient (Wildman–Crippen LogP) is 3.13. The van der Waals surface area contributed by atoms with Crippen molar-refractivity contribution >= 4 is 17.6 Å². The van der Waals surface area contributed by atoms with Gasteiger partial charge in [0, 0.05) is 5.69 Å². The topological polar surface area (TPSA) is 66.4 Å². The molecule has 2 aromatic rings. The Balaban J connectivity index is 2.06. The van der Waals surface area contributed by atoms with Gasteiger partial charge in [-0.3, -0.25) is 4.79 Å². The van der Waals surface area contributed by atoms with Gasteiger partial charge < -0.3 is 10.4 Å². The van der Waals surface area contributed by atoms with Crippen LogP contribution in [0.4, 0.5) is 5.69 Å². The molecule has 2 N–H and O–H groups in total. The lowest BCUT2D eigenvalue weighted by Crippen LogP contribution is -2.16. The van der Waals surface area contributed by atoms with Crippen molar-refractivity contribution in [3.63, 3.8) is 0 Å². The van der Waals surface area contributed by atoms with Gasteiger partial charge in [0.1, 0.15) is 0 Å². The highest BCUT2D eigenvalue weighted by Crippen LogP contribution is 2.13. The average Bonchev–Trinajstić information content (AvgIpc) is 2.48. The van der Waals surface area contributed by atoms with E-state index >= 15 is 0 Å². The Morgan fingerprint density at radius 3 is 2.33 bits per heavy atom. The molecule has 0 spiro atoms. The number of benzene rings is 2. The van der Waals surface area contributed by atoms with E-state index in [1.165, 1.54) is 11.6 Å². The number of hydrogen-bond donors (Lipinski definition) is 2. The normalized spacial score (nSPS) is 10.1. The number of amides is 1. The van der Waals surface area contributed by atoms with Crippen LogP contribution in [0.1, 0.15) is 28.4 Å². The summed E-state index contributed by atoms with van der Waals surface area (Å²) < 4.78 is 0. The van der Waals surface area contributed by atoms with Gasteiger partial charge in [-0.05, 0) is 35.7 Å². The first-order valence-corrected chi connectivity index (χ1v) is 6.80. The monoisotopic (exact) mass is 283 g/mol. The summed E-state index contributed by atoms with van der Waals surface area (Å²) >= 11 is 0. The summed E-state index contributed by atoms with van der Waals surface area (Å²) in [6.45, 7) is 2.07. The minimum atomic E-state index is -1.02. The van der Waals surface area contributed by atoms with Crippen molar-refractivity contribution in [1.29, 1.82) is 0 Å². The maximum atomic E-state index is 12.0. The van der Waals surface area contributed by atoms with Crippen LogP contribution < -0.4 is 5.32 Å². The molecule has 0 radical (unpaired) electrons. The molecular weight excluding hydrogens is 266 g/mol. The molecule has 0 aliphatic carbocycles. The van der Waals surface area contributed by atoms with Crippen molar-refractivity contribution in [2.24, 2.45) is 0 Å². The zero-order chi connectivity index (χ0) is 15.2. The summed E-state index contributed by atoms with van der Waals surface area (Å²) in [7, 11) is 0. The van der Waals surface area contributed by atoms with Crippen molar-refractivity contribution in [1.82, 2.24) is 0 Å². The van der Waals surface area contributed by atoms with Gasteiger partial charge in [0.2, 0.25) is 5.91 Å². The number of hydrogen-bond acceptors (Lipinski definition) is 2. The highest BCUT2D eigenvalue weighted by molar-refractivity contribution is 5.96. The first-order valence-electron chi connectivity index (χ1n) is 6.80. The van der Waals surface area contributed by atoms with E-state index < -0.39 is 5.97 Å². The quantitative estimate of drug-likeness (QED) is 0.886. The number of nitrogens with one attached hydrogen (secondary N) is 1. The molecule has 4 heteroatoms. The Labute approximate surface area is 123 Å². The summed E-state index contributed by atoms with van der Waals surface area (Å²) in [5.41, 5.74) is 2.58. The van der Waals surface area contributed by atoms with Gasteiger partial charge in [-0.25, -0.2) is 4.79 Å². The van der Waals surface area contributed by atoms with E-state index in [1.54, 1.807) is 18.2 Å². The number of anilines is 1. The summed E-state index contributed by atoms with van der Waals surface area (Å²) in [6, 6.07) is 14.1. The fourth-order valence-corrected chi connectivity index (χ4v) is 2.09. The molecule has 0 atom stereocenters. The Morgan fingerprint density at radius 1 is 1.05 bits per heavy atom. The van der Waals surface area contributed by atoms with Gasteiger partial charge >= 0.3 is 5.97 Å². The van der Waals surface area contributed by atoms with Gasteiger partial charge in [0.15, 0.2) is 0 Å². The van der Waals surface area contributed by atoms with Crippen LogP contribution in [0.2, 0.25) is 0 Å². The third-order valence-corrected chi connectivity index (χ3v) is 3.24. The molecule has 0 heterocycles. The van der Waals surface area contributed by atoms with Crippen LogP contribution in [-0.4, -0.2) is 17.0 Å². The Kier molecular flexibility index (Phi) is 4.72. The Hall–Kier alpha value is -2.62. The van der Waals surface area contributed by atoms with Crippen molar-refractivity contribution in [3.8, 4) is 0 Å². The molecule has 4 nitrogen and oxygen atoms in total. The average molecular weight is 283 g/mol. The molecule has 0 aliphatic rings. The van der Waals surface area contributed by atoms with E-state index in [2.05, 4.69) is 12.2 Å². The van der Waals surface area contributed by atoms with Crippen molar-refractivity contribution in [2.75, 3.05) is 5.32 Å². The lowest BCUT2D eigenvalue weighted by Gasteiger charge is -2.08. The molecule has 0 fully saturated rings. The largest absolute Gasteiger partial charge is 0.478 e. The number of carbonyl (C=O) groups excluding carboxylic acids is 1. The van der Waals surface area contributed by atoms with Crippen molar-refractivity contribution in [2.45, 2.75) is 19.8 Å². The molecule has 2 rings (SSSR count). The molecule has 0 saturated carbocycles. The maximum Gasteiger partial charge on any atom is 0.335 e. The highest BCUT2D eigenvalue weighted by Gasteiger charge is 2.12. The zero-order valence-corrected chi connectivity index (χ0v) is 11.8. The molecule has 0 bridgehead atoms. The smallest absolute Gasteiger partial charge is 0.335 e. The van der Waals surface area contributed by atoms with Crippen LogP contribution >= 0.6 is 0 Å². The van der Waals surface area contributed by atoms with Crippen LogP contribution in [0.25, 0.3) is 0 Å². The molecule has 0 unspecified atom stereocenters. The number of carboxylic acid groups (broad SMARTS) is 1. The Morgan fingerprint density at radius 2 is 1.71 bits per heavy atom. The first-order chi connectivity index (χ1) is 10.1. The fourth-order valence-electron chi connectivity index (χ4n) is 2.09. The van der Waals surface area contributed by atoms with Gasteiger partial charge in [0.05, 0.1) is 12.0 Å². The summed E-state index contributed by atoms with van der Waals surface area (Å²) in [5, 5.41) is 11.9. The van der Waals surface area contributed by atoms with E-state index in [9.17, 15) is 9.59 Å². The number of carboxylic acids is 1. The minimum absolute atomic E-state index is 0.0397. The van der Waals surface area contributed by atoms with Gasteiger partial charge in [-0.1, -0.05) is 37.3 Å². The van der Waals surface area contributed by atoms with E-state index in [1.807, 2.05) is 24.3 Å². The van der Waals surface area contributed by atoms with Crippen LogP contribution in [0.5, 0.6) is 0 Å². The maximum absolute atomic E-state index is 12.0. The molecular formula is C17H17NO3. The minimum Gasteiger partial charge on any atom is -0.478 e. The predicted molar refractivity (Wildman–Crippen MR) is 81.6 cm³/mol. The third-order valence-electron chi connectivity index (χ3n) is 3.24.